The van der Waals surface area contributed by atoms with Crippen LogP contribution in [0.15, 0.2) is 24.3 Å². The monoisotopic (exact) mass is 189 g/mol. The lowest BCUT2D eigenvalue weighted by Gasteiger charge is -2.17. The Bertz CT molecular complexity index is 306. The van der Waals surface area contributed by atoms with Gasteiger partial charge in [-0.2, -0.15) is 0 Å². The van der Waals surface area contributed by atoms with Crippen molar-refractivity contribution in [2.24, 2.45) is 0 Å². The van der Waals surface area contributed by atoms with Gasteiger partial charge in [-0.3, -0.25) is 0 Å². The van der Waals surface area contributed by atoms with Crippen molar-refractivity contribution in [1.29, 1.82) is 0 Å². The van der Waals surface area contributed by atoms with Crippen LogP contribution in [0.5, 0.6) is 0 Å². The molecule has 1 nitrogen and oxygen atoms in total. The number of hydrogen-bond donors (Lipinski definition) is 1. The Hall–Kier alpha value is -0.980. The molecule has 2 unspecified atom stereocenters. The second-order valence-corrected chi connectivity index (χ2v) is 4.14. The average molecular weight is 189 g/mol. The number of hydrogen-bond acceptors (Lipinski definition) is 1. The molecule has 1 aromatic rings. The van der Waals surface area contributed by atoms with Gasteiger partial charge in [0.1, 0.15) is 0 Å². The van der Waals surface area contributed by atoms with Gasteiger partial charge in [0.2, 0.25) is 0 Å². The second-order valence-electron chi connectivity index (χ2n) is 4.14. The molecule has 0 bridgehead atoms. The van der Waals surface area contributed by atoms with Gasteiger partial charge in [-0.25, -0.2) is 0 Å². The number of nitrogens with one attached hydrogen (secondary N) is 1. The molecule has 1 aliphatic rings. The minimum atomic E-state index is 0.660. The molecule has 0 aliphatic carbocycles. The van der Waals surface area contributed by atoms with Crippen molar-refractivity contribution in [1.82, 2.24) is 0 Å². The summed E-state index contributed by atoms with van der Waals surface area (Å²) >= 11 is 0. The molecule has 1 heteroatoms. The van der Waals surface area contributed by atoms with Crippen LogP contribution in [0.4, 0.5) is 5.69 Å². The van der Waals surface area contributed by atoms with E-state index >= 15 is 0 Å². The number of rotatable bonds is 3. The Morgan fingerprint density at radius 2 is 2.00 bits per heavy atom. The zero-order valence-electron chi connectivity index (χ0n) is 9.09. The van der Waals surface area contributed by atoms with Gasteiger partial charge in [0.15, 0.2) is 0 Å². The Labute approximate surface area is 86.5 Å². The van der Waals surface area contributed by atoms with E-state index in [2.05, 4.69) is 43.4 Å². The van der Waals surface area contributed by atoms with Crippen molar-refractivity contribution in [3.8, 4) is 0 Å². The molecule has 0 amide bonds. The van der Waals surface area contributed by atoms with Gasteiger partial charge in [-0.1, -0.05) is 38.5 Å². The lowest BCUT2D eigenvalue weighted by atomic mass is 9.90. The van der Waals surface area contributed by atoms with Gasteiger partial charge in [-0.05, 0) is 24.5 Å². The van der Waals surface area contributed by atoms with E-state index < -0.39 is 0 Å². The van der Waals surface area contributed by atoms with Gasteiger partial charge < -0.3 is 5.32 Å². The lowest BCUT2D eigenvalue weighted by Crippen LogP contribution is -2.19. The largest absolute Gasteiger partial charge is 0.381 e. The molecule has 2 rings (SSSR count). The summed E-state index contributed by atoms with van der Waals surface area (Å²) < 4.78 is 0. The summed E-state index contributed by atoms with van der Waals surface area (Å²) in [6.07, 6.45) is 3.80. The highest BCUT2D eigenvalue weighted by Gasteiger charge is 2.29. The predicted octanol–water partition coefficient (Wildman–Crippen LogP) is 3.77. The van der Waals surface area contributed by atoms with Crippen LogP contribution < -0.4 is 5.32 Å². The van der Waals surface area contributed by atoms with Gasteiger partial charge in [0.25, 0.3) is 0 Å². The van der Waals surface area contributed by atoms with Crippen LogP contribution in [0.25, 0.3) is 0 Å². The Balaban J connectivity index is 2.27. The van der Waals surface area contributed by atoms with E-state index in [1.165, 1.54) is 30.5 Å². The molecule has 76 valence electrons. The molecule has 1 aliphatic heterocycles. The predicted molar refractivity (Wildman–Crippen MR) is 61.8 cm³/mol. The first-order valence-corrected chi connectivity index (χ1v) is 5.72. The van der Waals surface area contributed by atoms with E-state index in [4.69, 9.17) is 0 Å². The van der Waals surface area contributed by atoms with Crippen LogP contribution in [0.2, 0.25) is 0 Å². The summed E-state index contributed by atoms with van der Waals surface area (Å²) in [6.45, 7) is 4.54. The zero-order valence-corrected chi connectivity index (χ0v) is 9.09. The molecule has 0 aromatic heterocycles. The molecule has 0 saturated carbocycles. The molecule has 1 N–H and O–H groups in total. The summed E-state index contributed by atoms with van der Waals surface area (Å²) in [4.78, 5) is 0. The maximum absolute atomic E-state index is 3.62. The van der Waals surface area contributed by atoms with Crippen LogP contribution in [-0.2, 0) is 0 Å². The SMILES string of the molecule is CCCC1c2ccccc2NC1CC. The van der Waals surface area contributed by atoms with Crippen LogP contribution in [0.1, 0.15) is 44.6 Å². The summed E-state index contributed by atoms with van der Waals surface area (Å²) in [7, 11) is 0. The van der Waals surface area contributed by atoms with E-state index in [1.54, 1.807) is 0 Å². The van der Waals surface area contributed by atoms with Crippen LogP contribution >= 0.6 is 0 Å². The third kappa shape index (κ3) is 1.52. The smallest absolute Gasteiger partial charge is 0.0378 e. The third-order valence-electron chi connectivity index (χ3n) is 3.23. The zero-order chi connectivity index (χ0) is 9.97. The van der Waals surface area contributed by atoms with Crippen molar-refractivity contribution in [3.05, 3.63) is 29.8 Å². The first-order valence-electron chi connectivity index (χ1n) is 5.72. The van der Waals surface area contributed by atoms with Crippen molar-refractivity contribution in [3.63, 3.8) is 0 Å². The van der Waals surface area contributed by atoms with E-state index in [9.17, 15) is 0 Å². The molecule has 1 aromatic carbocycles. The van der Waals surface area contributed by atoms with E-state index in [0.717, 1.165) is 5.92 Å². The van der Waals surface area contributed by atoms with Crippen molar-refractivity contribution in [2.45, 2.75) is 45.1 Å². The standard InChI is InChI=1S/C13H19N/c1-3-7-10-11-8-5-6-9-13(11)14-12(10)4-2/h5-6,8-10,12,14H,3-4,7H2,1-2H3. The van der Waals surface area contributed by atoms with Crippen molar-refractivity contribution in [2.75, 3.05) is 5.32 Å². The highest BCUT2D eigenvalue weighted by atomic mass is 15.0. The quantitative estimate of drug-likeness (QED) is 0.763. The van der Waals surface area contributed by atoms with Crippen molar-refractivity contribution < 1.29 is 0 Å². The minimum Gasteiger partial charge on any atom is -0.381 e. The summed E-state index contributed by atoms with van der Waals surface area (Å²) in [6, 6.07) is 9.41. The van der Waals surface area contributed by atoms with Crippen LogP contribution in [-0.4, -0.2) is 6.04 Å². The minimum absolute atomic E-state index is 0.660. The molecule has 14 heavy (non-hydrogen) atoms. The van der Waals surface area contributed by atoms with Crippen molar-refractivity contribution >= 4 is 5.69 Å². The maximum Gasteiger partial charge on any atom is 0.0378 e. The normalized spacial score (nSPS) is 24.4. The second kappa shape index (κ2) is 4.04. The summed E-state index contributed by atoms with van der Waals surface area (Å²) in [5.41, 5.74) is 2.89. The number of benzene rings is 1. The van der Waals surface area contributed by atoms with Crippen LogP contribution in [0.3, 0.4) is 0 Å². The van der Waals surface area contributed by atoms with E-state index in [0.29, 0.717) is 6.04 Å². The van der Waals surface area contributed by atoms with Gasteiger partial charge in [0.05, 0.1) is 0 Å². The molecule has 0 saturated heterocycles. The Kier molecular flexibility index (Phi) is 2.76. The highest BCUT2D eigenvalue weighted by Crippen LogP contribution is 2.39. The molecule has 2 atom stereocenters. The molecule has 0 fully saturated rings. The fourth-order valence-electron chi connectivity index (χ4n) is 2.52. The van der Waals surface area contributed by atoms with E-state index in [-0.39, 0.29) is 0 Å². The van der Waals surface area contributed by atoms with Gasteiger partial charge in [0, 0.05) is 17.6 Å². The highest BCUT2D eigenvalue weighted by molar-refractivity contribution is 5.59. The topological polar surface area (TPSA) is 12.0 Å². The van der Waals surface area contributed by atoms with Gasteiger partial charge in [-0.15, -0.1) is 0 Å². The van der Waals surface area contributed by atoms with E-state index in [1.807, 2.05) is 0 Å². The average Bonchev–Trinajstić information content (AvgIpc) is 2.58. The van der Waals surface area contributed by atoms with Gasteiger partial charge >= 0.3 is 0 Å². The molecule has 0 spiro atoms. The van der Waals surface area contributed by atoms with Crippen LogP contribution in [0, 0.1) is 0 Å². The number of anilines is 1. The summed E-state index contributed by atoms with van der Waals surface area (Å²) in [5.74, 6) is 0.737. The first-order chi connectivity index (χ1) is 6.86. The Morgan fingerprint density at radius 1 is 1.21 bits per heavy atom. The maximum atomic E-state index is 3.62. The molecular formula is C13H19N. The lowest BCUT2D eigenvalue weighted by molar-refractivity contribution is 0.534. The molecule has 0 radical (unpaired) electrons. The fourth-order valence-corrected chi connectivity index (χ4v) is 2.52. The summed E-state index contributed by atoms with van der Waals surface area (Å²) in [5, 5.41) is 3.62. The number of para-hydroxylation sites is 1. The fraction of sp³-hybridized carbons (Fsp3) is 0.538. The third-order valence-corrected chi connectivity index (χ3v) is 3.23. The molecular weight excluding hydrogens is 170 g/mol. The molecule has 1 heterocycles. The Morgan fingerprint density at radius 3 is 2.71 bits per heavy atom. The number of fused-ring (bicyclic) bond motifs is 1. The first kappa shape index (κ1) is 9.57.